The standard InChI is InChI=1S/C17H16F4N4O2/c1-10(26)22-6-11-7-25(8-11)16-5-14(23-9-24-16)12-2-3-15(13(18)4-12)27-17(19,20)21/h2-5,9,11H,6-8H2,1H3,(H,22,26). The smallest absolute Gasteiger partial charge is 0.403 e. The molecule has 0 unspecified atom stereocenters. The van der Waals surface area contributed by atoms with Crippen LogP contribution < -0.4 is 15.0 Å². The Hall–Kier alpha value is -2.91. The van der Waals surface area contributed by atoms with Gasteiger partial charge in [-0.1, -0.05) is 0 Å². The summed E-state index contributed by atoms with van der Waals surface area (Å²) >= 11 is 0. The molecule has 144 valence electrons. The van der Waals surface area contributed by atoms with Gasteiger partial charge in [-0.2, -0.15) is 0 Å². The highest BCUT2D eigenvalue weighted by molar-refractivity contribution is 5.72. The first-order chi connectivity index (χ1) is 12.7. The van der Waals surface area contributed by atoms with Crippen LogP contribution in [0.2, 0.25) is 0 Å². The molecule has 1 aromatic heterocycles. The molecule has 0 aliphatic carbocycles. The molecule has 0 saturated carbocycles. The average molecular weight is 384 g/mol. The summed E-state index contributed by atoms with van der Waals surface area (Å²) in [5.41, 5.74) is 0.684. The summed E-state index contributed by atoms with van der Waals surface area (Å²) in [4.78, 5) is 21.1. The first kappa shape index (κ1) is 18.9. The maximum Gasteiger partial charge on any atom is 0.573 e. The van der Waals surface area contributed by atoms with Gasteiger partial charge in [-0.15, -0.1) is 13.2 Å². The molecule has 2 heterocycles. The molecule has 0 spiro atoms. The van der Waals surface area contributed by atoms with Crippen molar-refractivity contribution >= 4 is 11.7 Å². The average Bonchev–Trinajstić information content (AvgIpc) is 2.54. The summed E-state index contributed by atoms with van der Waals surface area (Å²) in [5.74, 6) is -1.19. The van der Waals surface area contributed by atoms with Crippen LogP contribution in [0.3, 0.4) is 0 Å². The van der Waals surface area contributed by atoms with E-state index in [1.165, 1.54) is 19.3 Å². The number of benzene rings is 1. The van der Waals surface area contributed by atoms with Gasteiger partial charge in [0.15, 0.2) is 11.6 Å². The molecule has 3 rings (SSSR count). The zero-order valence-electron chi connectivity index (χ0n) is 14.3. The van der Waals surface area contributed by atoms with Gasteiger partial charge in [-0.3, -0.25) is 4.79 Å². The number of carbonyl (C=O) groups excluding carboxylic acids is 1. The van der Waals surface area contributed by atoms with Crippen LogP contribution in [0.5, 0.6) is 5.75 Å². The predicted molar refractivity (Wildman–Crippen MR) is 88.5 cm³/mol. The van der Waals surface area contributed by atoms with E-state index in [1.54, 1.807) is 6.07 Å². The van der Waals surface area contributed by atoms with Crippen LogP contribution in [-0.4, -0.2) is 41.9 Å². The van der Waals surface area contributed by atoms with Crippen LogP contribution in [-0.2, 0) is 4.79 Å². The van der Waals surface area contributed by atoms with E-state index in [2.05, 4.69) is 20.0 Å². The van der Waals surface area contributed by atoms with E-state index in [4.69, 9.17) is 0 Å². The third kappa shape index (κ3) is 4.83. The molecule has 1 amide bonds. The van der Waals surface area contributed by atoms with Crippen LogP contribution in [0.25, 0.3) is 11.3 Å². The number of amides is 1. The number of nitrogens with zero attached hydrogens (tertiary/aromatic N) is 3. The molecule has 0 bridgehead atoms. The quantitative estimate of drug-likeness (QED) is 0.803. The van der Waals surface area contributed by atoms with Gasteiger partial charge in [0.25, 0.3) is 0 Å². The number of hydrogen-bond donors (Lipinski definition) is 1. The fourth-order valence-electron chi connectivity index (χ4n) is 2.72. The highest BCUT2D eigenvalue weighted by Crippen LogP contribution is 2.30. The zero-order chi connectivity index (χ0) is 19.6. The lowest BCUT2D eigenvalue weighted by molar-refractivity contribution is -0.275. The number of anilines is 1. The van der Waals surface area contributed by atoms with Crippen LogP contribution in [0.4, 0.5) is 23.4 Å². The number of carbonyl (C=O) groups is 1. The fraction of sp³-hybridized carbons (Fsp3) is 0.353. The Morgan fingerprint density at radius 1 is 1.30 bits per heavy atom. The summed E-state index contributed by atoms with van der Waals surface area (Å²) in [5, 5.41) is 2.75. The van der Waals surface area contributed by atoms with E-state index in [0.717, 1.165) is 12.1 Å². The van der Waals surface area contributed by atoms with Crippen molar-refractivity contribution in [1.29, 1.82) is 0 Å². The molecular weight excluding hydrogens is 368 g/mol. The predicted octanol–water partition coefficient (Wildman–Crippen LogP) is 2.75. The van der Waals surface area contributed by atoms with Gasteiger partial charge in [-0.05, 0) is 18.2 Å². The van der Waals surface area contributed by atoms with E-state index >= 15 is 0 Å². The Bertz CT molecular complexity index is 838. The van der Waals surface area contributed by atoms with Crippen molar-refractivity contribution in [3.05, 3.63) is 36.4 Å². The third-order valence-electron chi connectivity index (χ3n) is 4.03. The van der Waals surface area contributed by atoms with Gasteiger partial charge in [0.05, 0.1) is 5.69 Å². The summed E-state index contributed by atoms with van der Waals surface area (Å²) in [7, 11) is 0. The number of alkyl halides is 3. The molecule has 1 N–H and O–H groups in total. The lowest BCUT2D eigenvalue weighted by Crippen LogP contribution is -2.51. The Balaban J connectivity index is 1.69. The van der Waals surface area contributed by atoms with Gasteiger partial charge in [0.2, 0.25) is 5.91 Å². The summed E-state index contributed by atoms with van der Waals surface area (Å²) in [6.07, 6.45) is -3.65. The number of hydrogen-bond acceptors (Lipinski definition) is 5. The number of ether oxygens (including phenoxy) is 1. The Morgan fingerprint density at radius 3 is 2.67 bits per heavy atom. The molecule has 27 heavy (non-hydrogen) atoms. The Kier molecular flexibility index (Phi) is 5.15. The van der Waals surface area contributed by atoms with Crippen molar-refractivity contribution in [1.82, 2.24) is 15.3 Å². The van der Waals surface area contributed by atoms with Crippen LogP contribution in [0.15, 0.2) is 30.6 Å². The Morgan fingerprint density at radius 2 is 2.04 bits per heavy atom. The molecule has 6 nitrogen and oxygen atoms in total. The van der Waals surface area contributed by atoms with Crippen LogP contribution in [0.1, 0.15) is 6.92 Å². The minimum Gasteiger partial charge on any atom is -0.403 e. The van der Waals surface area contributed by atoms with Gasteiger partial charge < -0.3 is 15.0 Å². The molecular formula is C17H16F4N4O2. The molecule has 1 fully saturated rings. The van der Waals surface area contributed by atoms with Crippen molar-refractivity contribution in [2.45, 2.75) is 13.3 Å². The van der Waals surface area contributed by atoms with Crippen molar-refractivity contribution in [2.24, 2.45) is 5.92 Å². The molecule has 1 aliphatic heterocycles. The lowest BCUT2D eigenvalue weighted by Gasteiger charge is -2.40. The third-order valence-corrected chi connectivity index (χ3v) is 4.03. The van der Waals surface area contributed by atoms with E-state index in [-0.39, 0.29) is 5.91 Å². The number of halogens is 4. The van der Waals surface area contributed by atoms with Gasteiger partial charge in [0.1, 0.15) is 12.1 Å². The van der Waals surface area contributed by atoms with Crippen LogP contribution >= 0.6 is 0 Å². The minimum absolute atomic E-state index is 0.0854. The largest absolute Gasteiger partial charge is 0.573 e. The minimum atomic E-state index is -4.96. The van der Waals surface area contributed by atoms with E-state index < -0.39 is 17.9 Å². The second kappa shape index (κ2) is 7.37. The second-order valence-electron chi connectivity index (χ2n) is 6.16. The molecule has 1 aliphatic rings. The second-order valence-corrected chi connectivity index (χ2v) is 6.16. The molecule has 2 aromatic rings. The number of nitrogens with one attached hydrogen (secondary N) is 1. The summed E-state index contributed by atoms with van der Waals surface area (Å²) in [6, 6.07) is 4.77. The Labute approximate surface area is 152 Å². The first-order valence-corrected chi connectivity index (χ1v) is 8.08. The molecule has 10 heteroatoms. The maximum atomic E-state index is 13.9. The number of rotatable bonds is 5. The first-order valence-electron chi connectivity index (χ1n) is 8.08. The van der Waals surface area contributed by atoms with E-state index in [1.807, 2.05) is 4.90 Å². The van der Waals surface area contributed by atoms with Gasteiger partial charge in [0, 0.05) is 44.1 Å². The number of aromatic nitrogens is 2. The SMILES string of the molecule is CC(=O)NCC1CN(c2cc(-c3ccc(OC(F)(F)F)c(F)c3)ncn2)C1. The summed E-state index contributed by atoms with van der Waals surface area (Å²) in [6.45, 7) is 3.43. The van der Waals surface area contributed by atoms with Gasteiger partial charge >= 0.3 is 6.36 Å². The highest BCUT2D eigenvalue weighted by atomic mass is 19.4. The normalized spacial score (nSPS) is 14.6. The maximum absolute atomic E-state index is 13.9. The fourth-order valence-corrected chi connectivity index (χ4v) is 2.72. The lowest BCUT2D eigenvalue weighted by atomic mass is 10.00. The van der Waals surface area contributed by atoms with Gasteiger partial charge in [-0.25, -0.2) is 14.4 Å². The van der Waals surface area contributed by atoms with Crippen molar-refractivity contribution in [3.8, 4) is 17.0 Å². The van der Waals surface area contributed by atoms with E-state index in [0.29, 0.717) is 42.6 Å². The highest BCUT2D eigenvalue weighted by Gasteiger charge is 2.32. The molecule has 1 aromatic carbocycles. The molecule has 0 radical (unpaired) electrons. The van der Waals surface area contributed by atoms with Crippen LogP contribution in [0, 0.1) is 11.7 Å². The topological polar surface area (TPSA) is 67.4 Å². The van der Waals surface area contributed by atoms with E-state index in [9.17, 15) is 22.4 Å². The van der Waals surface area contributed by atoms with Crippen molar-refractivity contribution in [3.63, 3.8) is 0 Å². The van der Waals surface area contributed by atoms with Crippen molar-refractivity contribution in [2.75, 3.05) is 24.5 Å². The summed E-state index contributed by atoms with van der Waals surface area (Å²) < 4.78 is 54.2. The zero-order valence-corrected chi connectivity index (χ0v) is 14.3. The van der Waals surface area contributed by atoms with Crippen molar-refractivity contribution < 1.29 is 27.1 Å². The molecule has 1 saturated heterocycles. The molecule has 0 atom stereocenters. The monoisotopic (exact) mass is 384 g/mol.